The molecule has 1 amide bonds. The number of anilines is 1. The minimum atomic E-state index is -3.76. The van der Waals surface area contributed by atoms with Crippen LogP contribution in [0.1, 0.15) is 28.8 Å². The summed E-state index contributed by atoms with van der Waals surface area (Å²) < 4.78 is 27.8. The first-order valence-electron chi connectivity index (χ1n) is 9.14. The van der Waals surface area contributed by atoms with Crippen molar-refractivity contribution < 1.29 is 13.2 Å². The van der Waals surface area contributed by atoms with Crippen molar-refractivity contribution in [3.63, 3.8) is 0 Å². The summed E-state index contributed by atoms with van der Waals surface area (Å²) in [6, 6.07) is 13.2. The Balaban J connectivity index is 1.65. The monoisotopic (exact) mass is 387 g/mol. The molecule has 27 heavy (non-hydrogen) atoms. The maximum atomic E-state index is 12.6. The molecule has 0 saturated carbocycles. The van der Waals surface area contributed by atoms with Gasteiger partial charge in [0.2, 0.25) is 0 Å². The van der Waals surface area contributed by atoms with Gasteiger partial charge in [0.05, 0.1) is 4.90 Å². The van der Waals surface area contributed by atoms with E-state index in [9.17, 15) is 13.2 Å². The van der Waals surface area contributed by atoms with E-state index < -0.39 is 10.0 Å². The molecule has 6 nitrogen and oxygen atoms in total. The highest BCUT2D eigenvalue weighted by Crippen LogP contribution is 2.18. The summed E-state index contributed by atoms with van der Waals surface area (Å²) in [5.74, 6) is -0.262. The number of carbonyl (C=O) groups excluding carboxylic acids is 1. The lowest BCUT2D eigenvalue weighted by atomic mass is 10.2. The molecule has 3 rings (SSSR count). The average molecular weight is 388 g/mol. The number of aryl methyl sites for hydroxylation is 1. The number of carbonyl (C=O) groups is 1. The van der Waals surface area contributed by atoms with Gasteiger partial charge < -0.3 is 10.2 Å². The van der Waals surface area contributed by atoms with Crippen molar-refractivity contribution in [3.05, 3.63) is 59.7 Å². The third-order valence-electron chi connectivity index (χ3n) is 4.59. The van der Waals surface area contributed by atoms with Crippen LogP contribution in [0.4, 0.5) is 5.69 Å². The molecule has 2 aromatic rings. The molecule has 0 spiro atoms. The summed E-state index contributed by atoms with van der Waals surface area (Å²) in [5.41, 5.74) is 1.79. The normalized spacial score (nSPS) is 14.9. The maximum absolute atomic E-state index is 12.6. The molecule has 0 unspecified atom stereocenters. The molecular weight excluding hydrogens is 362 g/mol. The van der Waals surface area contributed by atoms with Crippen LogP contribution in [0.5, 0.6) is 0 Å². The summed E-state index contributed by atoms with van der Waals surface area (Å²) in [6.07, 6.45) is 2.42. The van der Waals surface area contributed by atoms with Gasteiger partial charge in [0.25, 0.3) is 15.9 Å². The zero-order chi connectivity index (χ0) is 19.3. The lowest BCUT2D eigenvalue weighted by Crippen LogP contribution is -2.33. The summed E-state index contributed by atoms with van der Waals surface area (Å²) in [7, 11) is -3.76. The van der Waals surface area contributed by atoms with E-state index in [-0.39, 0.29) is 10.8 Å². The standard InChI is InChI=1S/C20H25N3O3S/c1-16-6-4-8-18(14-16)22-27(25,26)19-9-5-7-17(15-19)20(24)21-10-13-23-11-2-3-12-23/h4-9,14-15,22H,2-3,10-13H2,1H3,(H,21,24). The van der Waals surface area contributed by atoms with Crippen molar-refractivity contribution in [3.8, 4) is 0 Å². The lowest BCUT2D eigenvalue weighted by molar-refractivity contribution is 0.0949. The Labute approximate surface area is 160 Å². The van der Waals surface area contributed by atoms with Gasteiger partial charge in [-0.1, -0.05) is 18.2 Å². The molecule has 0 radical (unpaired) electrons. The Morgan fingerprint density at radius 2 is 1.81 bits per heavy atom. The van der Waals surface area contributed by atoms with Gasteiger partial charge in [-0.2, -0.15) is 0 Å². The molecule has 0 aliphatic carbocycles. The summed E-state index contributed by atoms with van der Waals surface area (Å²) in [4.78, 5) is 14.7. The van der Waals surface area contributed by atoms with Crippen LogP contribution in [-0.4, -0.2) is 45.4 Å². The molecule has 0 bridgehead atoms. The minimum absolute atomic E-state index is 0.0659. The Morgan fingerprint density at radius 1 is 1.07 bits per heavy atom. The van der Waals surface area contributed by atoms with Gasteiger partial charge in [-0.15, -0.1) is 0 Å². The third-order valence-corrected chi connectivity index (χ3v) is 5.97. The van der Waals surface area contributed by atoms with Gasteiger partial charge in [-0.05, 0) is 68.8 Å². The highest BCUT2D eigenvalue weighted by Gasteiger charge is 2.17. The van der Waals surface area contributed by atoms with Gasteiger partial charge in [0, 0.05) is 24.3 Å². The summed E-state index contributed by atoms with van der Waals surface area (Å²) in [6.45, 7) is 5.42. The SMILES string of the molecule is Cc1cccc(NS(=O)(=O)c2cccc(C(=O)NCCN3CCCC3)c2)c1. The van der Waals surface area contributed by atoms with Crippen molar-refractivity contribution in [2.45, 2.75) is 24.7 Å². The first-order chi connectivity index (χ1) is 12.9. The van der Waals surface area contributed by atoms with Crippen LogP contribution >= 0.6 is 0 Å². The minimum Gasteiger partial charge on any atom is -0.351 e. The van der Waals surface area contributed by atoms with Gasteiger partial charge in [0.1, 0.15) is 0 Å². The number of amides is 1. The van der Waals surface area contributed by atoms with Crippen molar-refractivity contribution in [2.75, 3.05) is 30.9 Å². The van der Waals surface area contributed by atoms with Gasteiger partial charge in [0.15, 0.2) is 0 Å². The van der Waals surface area contributed by atoms with Crippen LogP contribution in [0.2, 0.25) is 0 Å². The van der Waals surface area contributed by atoms with Crippen molar-refractivity contribution in [1.29, 1.82) is 0 Å². The van der Waals surface area contributed by atoms with E-state index in [0.29, 0.717) is 17.8 Å². The number of benzene rings is 2. The van der Waals surface area contributed by atoms with E-state index in [1.807, 2.05) is 13.0 Å². The van der Waals surface area contributed by atoms with Crippen LogP contribution in [0, 0.1) is 6.92 Å². The molecule has 7 heteroatoms. The lowest BCUT2D eigenvalue weighted by Gasteiger charge is -2.15. The molecule has 0 atom stereocenters. The highest BCUT2D eigenvalue weighted by atomic mass is 32.2. The topological polar surface area (TPSA) is 78.5 Å². The zero-order valence-electron chi connectivity index (χ0n) is 15.4. The zero-order valence-corrected chi connectivity index (χ0v) is 16.3. The number of hydrogen-bond donors (Lipinski definition) is 2. The number of rotatable bonds is 7. The summed E-state index contributed by atoms with van der Waals surface area (Å²) in [5, 5.41) is 2.87. The molecule has 1 saturated heterocycles. The quantitative estimate of drug-likeness (QED) is 0.766. The van der Waals surface area contributed by atoms with Crippen LogP contribution in [0.3, 0.4) is 0 Å². The second kappa shape index (κ2) is 8.54. The largest absolute Gasteiger partial charge is 0.351 e. The van der Waals surface area contributed by atoms with Crippen LogP contribution < -0.4 is 10.0 Å². The Bertz CT molecular complexity index is 906. The fraction of sp³-hybridized carbons (Fsp3) is 0.350. The van der Waals surface area contributed by atoms with Crippen molar-refractivity contribution in [1.82, 2.24) is 10.2 Å². The molecule has 0 aromatic heterocycles. The molecular formula is C20H25N3O3S. The number of hydrogen-bond acceptors (Lipinski definition) is 4. The molecule has 2 aromatic carbocycles. The van der Waals surface area contributed by atoms with Crippen molar-refractivity contribution in [2.24, 2.45) is 0 Å². The predicted molar refractivity (Wildman–Crippen MR) is 106 cm³/mol. The maximum Gasteiger partial charge on any atom is 0.261 e. The second-order valence-corrected chi connectivity index (χ2v) is 8.49. The molecule has 1 aliphatic heterocycles. The van der Waals surface area contributed by atoms with Crippen LogP contribution in [-0.2, 0) is 10.0 Å². The smallest absolute Gasteiger partial charge is 0.261 e. The average Bonchev–Trinajstić information content (AvgIpc) is 3.15. The fourth-order valence-electron chi connectivity index (χ4n) is 3.16. The number of nitrogens with zero attached hydrogens (tertiary/aromatic N) is 1. The van der Waals surface area contributed by atoms with Gasteiger partial charge >= 0.3 is 0 Å². The van der Waals surface area contributed by atoms with E-state index in [1.54, 1.807) is 30.3 Å². The predicted octanol–water partition coefficient (Wildman–Crippen LogP) is 2.62. The Kier molecular flexibility index (Phi) is 6.13. The van der Waals surface area contributed by atoms with E-state index in [0.717, 1.165) is 25.2 Å². The summed E-state index contributed by atoms with van der Waals surface area (Å²) >= 11 is 0. The number of nitrogens with one attached hydrogen (secondary N) is 2. The van der Waals surface area contributed by atoms with E-state index >= 15 is 0 Å². The fourth-order valence-corrected chi connectivity index (χ4v) is 4.26. The molecule has 1 aliphatic rings. The molecule has 1 fully saturated rings. The Morgan fingerprint density at radius 3 is 2.56 bits per heavy atom. The van der Waals surface area contributed by atoms with E-state index in [4.69, 9.17) is 0 Å². The first kappa shape index (κ1) is 19.4. The van der Waals surface area contributed by atoms with E-state index in [2.05, 4.69) is 14.9 Å². The first-order valence-corrected chi connectivity index (χ1v) is 10.6. The molecule has 1 heterocycles. The van der Waals surface area contributed by atoms with Crippen LogP contribution in [0.25, 0.3) is 0 Å². The second-order valence-electron chi connectivity index (χ2n) is 6.81. The highest BCUT2D eigenvalue weighted by molar-refractivity contribution is 7.92. The number of likely N-dealkylation sites (tertiary alicyclic amines) is 1. The van der Waals surface area contributed by atoms with E-state index in [1.165, 1.54) is 25.0 Å². The van der Waals surface area contributed by atoms with Gasteiger partial charge in [-0.25, -0.2) is 8.42 Å². The number of sulfonamides is 1. The third kappa shape index (κ3) is 5.30. The van der Waals surface area contributed by atoms with Crippen molar-refractivity contribution >= 4 is 21.6 Å². The molecule has 2 N–H and O–H groups in total. The van der Waals surface area contributed by atoms with Gasteiger partial charge in [-0.3, -0.25) is 9.52 Å². The Hall–Kier alpha value is -2.38. The molecule has 144 valence electrons. The van der Waals surface area contributed by atoms with Crippen LogP contribution in [0.15, 0.2) is 53.4 Å².